The fourth-order valence-electron chi connectivity index (χ4n) is 3.86. The molecule has 0 spiro atoms. The Kier molecular flexibility index (Phi) is 5.95. The molecule has 1 amide bonds. The minimum Gasteiger partial charge on any atom is -0.486 e. The monoisotopic (exact) mass is 464 g/mol. The average molecular weight is 465 g/mol. The number of rotatable bonds is 7. The van der Waals surface area contributed by atoms with Crippen LogP contribution >= 0.6 is 11.8 Å². The topological polar surface area (TPSA) is 102 Å². The van der Waals surface area contributed by atoms with Crippen LogP contribution in [0.1, 0.15) is 25.5 Å². The highest BCUT2D eigenvalue weighted by atomic mass is 32.2. The van der Waals surface area contributed by atoms with Gasteiger partial charge in [0.2, 0.25) is 5.91 Å². The molecule has 1 aliphatic heterocycles. The summed E-state index contributed by atoms with van der Waals surface area (Å²) in [5, 5.41) is 12.7. The molecule has 33 heavy (non-hydrogen) atoms. The molecule has 2 aromatic heterocycles. The van der Waals surface area contributed by atoms with Crippen molar-refractivity contribution >= 4 is 28.6 Å². The molecule has 2 N–H and O–H groups in total. The van der Waals surface area contributed by atoms with E-state index in [2.05, 4.69) is 34.3 Å². The zero-order valence-corrected chi connectivity index (χ0v) is 19.1. The SMILES string of the molecule is CC(C)[C@@H](NC(=O)CSc1nnc(-c2c[nH]c3ccccc23)o1)c1ccc2c(c1)OCCO2. The quantitative estimate of drug-likeness (QED) is 0.386. The number of ether oxygens (including phenoxy) is 2. The van der Waals surface area contributed by atoms with E-state index in [1.807, 2.05) is 48.7 Å². The molecule has 0 saturated heterocycles. The van der Waals surface area contributed by atoms with E-state index < -0.39 is 0 Å². The van der Waals surface area contributed by atoms with E-state index in [4.69, 9.17) is 13.9 Å². The van der Waals surface area contributed by atoms with E-state index in [9.17, 15) is 4.79 Å². The molecule has 0 bridgehead atoms. The summed E-state index contributed by atoms with van der Waals surface area (Å²) in [6.45, 7) is 5.21. The third-order valence-electron chi connectivity index (χ3n) is 5.46. The van der Waals surface area contributed by atoms with Crippen LogP contribution in [0.15, 0.2) is 58.3 Å². The zero-order valence-electron chi connectivity index (χ0n) is 18.3. The molecule has 170 valence electrons. The van der Waals surface area contributed by atoms with Crippen molar-refractivity contribution in [2.75, 3.05) is 19.0 Å². The molecule has 0 saturated carbocycles. The first kappa shape index (κ1) is 21.4. The van der Waals surface area contributed by atoms with Crippen LogP contribution in [0, 0.1) is 5.92 Å². The van der Waals surface area contributed by atoms with E-state index in [1.165, 1.54) is 11.8 Å². The number of benzene rings is 2. The summed E-state index contributed by atoms with van der Waals surface area (Å²) in [5.74, 6) is 2.12. The van der Waals surface area contributed by atoms with Gasteiger partial charge in [0.1, 0.15) is 13.2 Å². The van der Waals surface area contributed by atoms with Crippen LogP contribution in [-0.4, -0.2) is 40.1 Å². The van der Waals surface area contributed by atoms with Crippen molar-refractivity contribution < 1.29 is 18.7 Å². The van der Waals surface area contributed by atoms with Crippen LogP contribution in [0.3, 0.4) is 0 Å². The van der Waals surface area contributed by atoms with Gasteiger partial charge in [0.15, 0.2) is 11.5 Å². The van der Waals surface area contributed by atoms with Gasteiger partial charge in [-0.1, -0.05) is 49.9 Å². The Bertz CT molecular complexity index is 1280. The minimum atomic E-state index is -0.154. The molecule has 2 aromatic carbocycles. The van der Waals surface area contributed by atoms with E-state index in [0.29, 0.717) is 30.1 Å². The van der Waals surface area contributed by atoms with Gasteiger partial charge in [-0.15, -0.1) is 10.2 Å². The fourth-order valence-corrected chi connectivity index (χ4v) is 4.43. The van der Waals surface area contributed by atoms with Gasteiger partial charge in [-0.3, -0.25) is 4.79 Å². The molecule has 0 aliphatic carbocycles. The number of carbonyl (C=O) groups is 1. The van der Waals surface area contributed by atoms with E-state index in [1.54, 1.807) is 0 Å². The molecule has 4 aromatic rings. The predicted octanol–water partition coefficient (Wildman–Crippen LogP) is 4.59. The Morgan fingerprint density at radius 3 is 2.79 bits per heavy atom. The Balaban J connectivity index is 1.23. The first-order valence-electron chi connectivity index (χ1n) is 10.8. The lowest BCUT2D eigenvalue weighted by Crippen LogP contribution is -2.33. The smallest absolute Gasteiger partial charge is 0.277 e. The van der Waals surface area contributed by atoms with Crippen LogP contribution < -0.4 is 14.8 Å². The molecule has 5 rings (SSSR count). The lowest BCUT2D eigenvalue weighted by molar-refractivity contribution is -0.119. The van der Waals surface area contributed by atoms with Gasteiger partial charge in [0, 0.05) is 17.1 Å². The first-order chi connectivity index (χ1) is 16.1. The number of H-pyrrole nitrogens is 1. The van der Waals surface area contributed by atoms with Crippen molar-refractivity contribution in [3.63, 3.8) is 0 Å². The molecular formula is C24H24N4O4S. The van der Waals surface area contributed by atoms with Crippen molar-refractivity contribution in [2.45, 2.75) is 25.1 Å². The summed E-state index contributed by atoms with van der Waals surface area (Å²) in [6.07, 6.45) is 1.85. The van der Waals surface area contributed by atoms with Crippen molar-refractivity contribution in [2.24, 2.45) is 5.92 Å². The summed E-state index contributed by atoms with van der Waals surface area (Å²) in [5.41, 5.74) is 2.82. The number of thioether (sulfide) groups is 1. The Morgan fingerprint density at radius 2 is 1.94 bits per heavy atom. The first-order valence-corrected chi connectivity index (χ1v) is 11.8. The zero-order chi connectivity index (χ0) is 22.8. The second kappa shape index (κ2) is 9.19. The highest BCUT2D eigenvalue weighted by Gasteiger charge is 2.22. The van der Waals surface area contributed by atoms with Gasteiger partial charge in [-0.05, 0) is 29.7 Å². The third-order valence-corrected chi connectivity index (χ3v) is 6.28. The molecule has 0 unspecified atom stereocenters. The lowest BCUT2D eigenvalue weighted by atomic mass is 9.95. The number of aromatic nitrogens is 3. The Hall–Kier alpha value is -3.46. The molecule has 9 heteroatoms. The minimum absolute atomic E-state index is 0.111. The van der Waals surface area contributed by atoms with E-state index in [0.717, 1.165) is 27.8 Å². The number of para-hydroxylation sites is 1. The van der Waals surface area contributed by atoms with Gasteiger partial charge >= 0.3 is 0 Å². The second-order valence-corrected chi connectivity index (χ2v) is 9.03. The maximum Gasteiger partial charge on any atom is 0.277 e. The van der Waals surface area contributed by atoms with Gasteiger partial charge in [0.25, 0.3) is 11.1 Å². The van der Waals surface area contributed by atoms with Crippen molar-refractivity contribution in [3.05, 3.63) is 54.2 Å². The molecule has 8 nitrogen and oxygen atoms in total. The normalized spacial score (nSPS) is 13.9. The number of nitrogens with zero attached hydrogens (tertiary/aromatic N) is 2. The fraction of sp³-hybridized carbons (Fsp3) is 0.292. The molecular weight excluding hydrogens is 440 g/mol. The summed E-state index contributed by atoms with van der Waals surface area (Å²) in [6, 6.07) is 13.6. The number of amides is 1. The molecule has 3 heterocycles. The third kappa shape index (κ3) is 4.54. The van der Waals surface area contributed by atoms with Crippen LogP contribution in [0.2, 0.25) is 0 Å². The summed E-state index contributed by atoms with van der Waals surface area (Å²) < 4.78 is 17.1. The second-order valence-electron chi connectivity index (χ2n) is 8.10. The van der Waals surface area contributed by atoms with Crippen LogP contribution in [0.4, 0.5) is 0 Å². The summed E-state index contributed by atoms with van der Waals surface area (Å²) in [7, 11) is 0. The molecule has 1 aliphatic rings. The largest absolute Gasteiger partial charge is 0.486 e. The summed E-state index contributed by atoms with van der Waals surface area (Å²) in [4.78, 5) is 15.9. The Labute approximate surface area is 195 Å². The van der Waals surface area contributed by atoms with E-state index in [-0.39, 0.29) is 23.6 Å². The standard InChI is InChI=1S/C24H24N4O4S/c1-14(2)22(15-7-8-19-20(11-15)31-10-9-30-19)26-21(29)13-33-24-28-27-23(32-24)17-12-25-18-6-4-3-5-16(17)18/h3-8,11-12,14,22,25H,9-10,13H2,1-2H3,(H,26,29)/t22-/m1/s1. The number of hydrogen-bond donors (Lipinski definition) is 2. The average Bonchev–Trinajstić information content (AvgIpc) is 3.47. The molecule has 1 atom stereocenters. The van der Waals surface area contributed by atoms with Crippen molar-refractivity contribution in [1.82, 2.24) is 20.5 Å². The van der Waals surface area contributed by atoms with Gasteiger partial charge in [0.05, 0.1) is 17.4 Å². The highest BCUT2D eigenvalue weighted by molar-refractivity contribution is 7.99. The number of nitrogens with one attached hydrogen (secondary N) is 2. The number of aromatic amines is 1. The Morgan fingerprint density at radius 1 is 1.12 bits per heavy atom. The van der Waals surface area contributed by atoms with Gasteiger partial charge < -0.3 is 24.2 Å². The maximum atomic E-state index is 12.7. The summed E-state index contributed by atoms with van der Waals surface area (Å²) >= 11 is 1.22. The highest BCUT2D eigenvalue weighted by Crippen LogP contribution is 2.34. The number of carbonyl (C=O) groups excluding carboxylic acids is 1. The van der Waals surface area contributed by atoms with E-state index >= 15 is 0 Å². The van der Waals surface area contributed by atoms with Crippen LogP contribution in [0.5, 0.6) is 11.5 Å². The molecule has 0 fully saturated rings. The molecule has 0 radical (unpaired) electrons. The predicted molar refractivity (Wildman–Crippen MR) is 125 cm³/mol. The van der Waals surface area contributed by atoms with Crippen molar-refractivity contribution in [3.8, 4) is 23.0 Å². The maximum absolute atomic E-state index is 12.7. The van der Waals surface area contributed by atoms with Crippen LogP contribution in [-0.2, 0) is 4.79 Å². The van der Waals surface area contributed by atoms with Crippen LogP contribution in [0.25, 0.3) is 22.4 Å². The lowest BCUT2D eigenvalue weighted by Gasteiger charge is -2.25. The van der Waals surface area contributed by atoms with Gasteiger partial charge in [-0.25, -0.2) is 0 Å². The number of hydrogen-bond acceptors (Lipinski definition) is 7. The number of fused-ring (bicyclic) bond motifs is 2. The van der Waals surface area contributed by atoms with Crippen molar-refractivity contribution in [1.29, 1.82) is 0 Å². The van der Waals surface area contributed by atoms with Gasteiger partial charge in [-0.2, -0.15) is 0 Å².